The third-order valence-electron chi connectivity index (χ3n) is 2.96. The van der Waals surface area contributed by atoms with Crippen molar-refractivity contribution < 1.29 is 4.79 Å². The van der Waals surface area contributed by atoms with Gasteiger partial charge in [0, 0.05) is 18.5 Å². The highest BCUT2D eigenvalue weighted by atomic mass is 35.5. The maximum atomic E-state index is 11.9. The zero-order valence-electron chi connectivity index (χ0n) is 11.4. The molecule has 0 fully saturated rings. The van der Waals surface area contributed by atoms with Gasteiger partial charge in [-0.3, -0.25) is 9.78 Å². The third-order valence-corrected chi connectivity index (χ3v) is 3.79. The first-order valence-corrected chi connectivity index (χ1v) is 7.16. The van der Waals surface area contributed by atoms with Crippen LogP contribution in [0.25, 0.3) is 6.08 Å². The Kier molecular flexibility index (Phi) is 5.37. The van der Waals surface area contributed by atoms with E-state index in [1.807, 2.05) is 19.1 Å². The first kappa shape index (κ1) is 15.5. The fraction of sp³-hybridized carbons (Fsp3) is 0.125. The number of carbonyl (C=O) groups is 1. The van der Waals surface area contributed by atoms with Gasteiger partial charge < -0.3 is 5.32 Å². The smallest absolute Gasteiger partial charge is 0.244 e. The molecule has 5 heteroatoms. The largest absolute Gasteiger partial charge is 0.346 e. The second-order valence-electron chi connectivity index (χ2n) is 4.49. The number of hydrogen-bond acceptors (Lipinski definition) is 2. The average Bonchev–Trinajstić information content (AvgIpc) is 2.49. The lowest BCUT2D eigenvalue weighted by molar-refractivity contribution is -0.117. The van der Waals surface area contributed by atoms with E-state index in [-0.39, 0.29) is 11.9 Å². The molecule has 0 radical (unpaired) electrons. The van der Waals surface area contributed by atoms with Crippen molar-refractivity contribution in [1.29, 1.82) is 0 Å². The maximum absolute atomic E-state index is 11.9. The molecule has 1 unspecified atom stereocenters. The van der Waals surface area contributed by atoms with Gasteiger partial charge in [-0.1, -0.05) is 35.3 Å². The molecule has 1 atom stereocenters. The van der Waals surface area contributed by atoms with E-state index in [9.17, 15) is 4.79 Å². The van der Waals surface area contributed by atoms with Crippen LogP contribution in [0.2, 0.25) is 10.0 Å². The SMILES string of the molecule is CC(NC(=O)/C=C/c1cccc(Cl)c1Cl)c1ccncc1. The van der Waals surface area contributed by atoms with Crippen molar-refractivity contribution in [3.05, 3.63) is 70.0 Å². The van der Waals surface area contributed by atoms with Crippen LogP contribution < -0.4 is 5.32 Å². The Balaban J connectivity index is 2.02. The van der Waals surface area contributed by atoms with Crippen molar-refractivity contribution in [1.82, 2.24) is 10.3 Å². The molecule has 0 aliphatic heterocycles. The predicted octanol–water partition coefficient (Wildman–Crippen LogP) is 4.28. The summed E-state index contributed by atoms with van der Waals surface area (Å²) in [7, 11) is 0. The Morgan fingerprint density at radius 1 is 1.24 bits per heavy atom. The Bertz CT molecular complexity index is 657. The lowest BCUT2D eigenvalue weighted by Gasteiger charge is -2.12. The number of hydrogen-bond donors (Lipinski definition) is 1. The second-order valence-corrected chi connectivity index (χ2v) is 5.27. The minimum Gasteiger partial charge on any atom is -0.346 e. The molecule has 2 rings (SSSR count). The Labute approximate surface area is 133 Å². The molecule has 1 aromatic heterocycles. The highest BCUT2D eigenvalue weighted by Gasteiger charge is 2.07. The summed E-state index contributed by atoms with van der Waals surface area (Å²) < 4.78 is 0. The van der Waals surface area contributed by atoms with Crippen LogP contribution in [0.4, 0.5) is 0 Å². The number of halogens is 2. The molecule has 0 saturated carbocycles. The fourth-order valence-corrected chi connectivity index (χ4v) is 2.18. The van der Waals surface area contributed by atoms with Gasteiger partial charge in [-0.05, 0) is 42.3 Å². The number of aromatic nitrogens is 1. The van der Waals surface area contributed by atoms with Gasteiger partial charge >= 0.3 is 0 Å². The van der Waals surface area contributed by atoms with E-state index in [2.05, 4.69) is 10.3 Å². The average molecular weight is 321 g/mol. The number of nitrogens with zero attached hydrogens (tertiary/aromatic N) is 1. The lowest BCUT2D eigenvalue weighted by Crippen LogP contribution is -2.24. The molecule has 0 bridgehead atoms. The molecule has 21 heavy (non-hydrogen) atoms. The van der Waals surface area contributed by atoms with E-state index in [0.717, 1.165) is 5.56 Å². The van der Waals surface area contributed by atoms with Crippen molar-refractivity contribution >= 4 is 35.2 Å². The normalized spacial score (nSPS) is 12.3. The van der Waals surface area contributed by atoms with E-state index in [1.54, 1.807) is 36.7 Å². The van der Waals surface area contributed by atoms with Gasteiger partial charge in [0.15, 0.2) is 0 Å². The summed E-state index contributed by atoms with van der Waals surface area (Å²) in [5.41, 5.74) is 1.70. The van der Waals surface area contributed by atoms with Gasteiger partial charge in [0.1, 0.15) is 0 Å². The van der Waals surface area contributed by atoms with Crippen molar-refractivity contribution in [3.8, 4) is 0 Å². The number of nitrogens with one attached hydrogen (secondary N) is 1. The quantitative estimate of drug-likeness (QED) is 0.854. The Morgan fingerprint density at radius 3 is 2.67 bits per heavy atom. The van der Waals surface area contributed by atoms with Crippen LogP contribution in [0.15, 0.2) is 48.8 Å². The monoisotopic (exact) mass is 320 g/mol. The summed E-state index contributed by atoms with van der Waals surface area (Å²) in [6, 6.07) is 8.91. The van der Waals surface area contributed by atoms with Crippen LogP contribution in [0.1, 0.15) is 24.1 Å². The summed E-state index contributed by atoms with van der Waals surface area (Å²) >= 11 is 12.0. The number of pyridine rings is 1. The molecule has 1 amide bonds. The highest BCUT2D eigenvalue weighted by Crippen LogP contribution is 2.26. The van der Waals surface area contributed by atoms with E-state index in [0.29, 0.717) is 15.6 Å². The van der Waals surface area contributed by atoms with E-state index < -0.39 is 0 Å². The molecule has 1 heterocycles. The molecule has 108 valence electrons. The van der Waals surface area contributed by atoms with E-state index >= 15 is 0 Å². The Hall–Kier alpha value is -1.84. The summed E-state index contributed by atoms with van der Waals surface area (Å²) in [4.78, 5) is 15.9. The molecule has 0 aliphatic rings. The van der Waals surface area contributed by atoms with Gasteiger partial charge in [-0.25, -0.2) is 0 Å². The molecule has 0 saturated heterocycles. The summed E-state index contributed by atoms with van der Waals surface area (Å²) in [5, 5.41) is 3.77. The van der Waals surface area contributed by atoms with Crippen molar-refractivity contribution in [3.63, 3.8) is 0 Å². The molecule has 1 N–H and O–H groups in total. The summed E-state index contributed by atoms with van der Waals surface area (Å²) in [6.45, 7) is 1.91. The van der Waals surface area contributed by atoms with E-state index in [1.165, 1.54) is 6.08 Å². The molecule has 0 aliphatic carbocycles. The van der Waals surface area contributed by atoms with Crippen molar-refractivity contribution in [2.45, 2.75) is 13.0 Å². The maximum Gasteiger partial charge on any atom is 0.244 e. The number of benzene rings is 1. The summed E-state index contributed by atoms with van der Waals surface area (Å²) in [6.07, 6.45) is 6.47. The highest BCUT2D eigenvalue weighted by molar-refractivity contribution is 6.42. The topological polar surface area (TPSA) is 42.0 Å². The van der Waals surface area contributed by atoms with E-state index in [4.69, 9.17) is 23.2 Å². The van der Waals surface area contributed by atoms with Gasteiger partial charge in [0.2, 0.25) is 5.91 Å². The number of carbonyl (C=O) groups excluding carboxylic acids is 1. The fourth-order valence-electron chi connectivity index (χ4n) is 1.81. The molecule has 3 nitrogen and oxygen atoms in total. The van der Waals surface area contributed by atoms with Crippen LogP contribution in [0.5, 0.6) is 0 Å². The summed E-state index contributed by atoms with van der Waals surface area (Å²) in [5.74, 6) is -0.199. The van der Waals surface area contributed by atoms with Crippen LogP contribution in [0, 0.1) is 0 Å². The van der Waals surface area contributed by atoms with Crippen LogP contribution >= 0.6 is 23.2 Å². The van der Waals surface area contributed by atoms with Crippen molar-refractivity contribution in [2.75, 3.05) is 0 Å². The zero-order valence-corrected chi connectivity index (χ0v) is 12.9. The van der Waals surface area contributed by atoms with Crippen LogP contribution in [0.3, 0.4) is 0 Å². The van der Waals surface area contributed by atoms with Crippen LogP contribution in [-0.4, -0.2) is 10.9 Å². The Morgan fingerprint density at radius 2 is 1.95 bits per heavy atom. The van der Waals surface area contributed by atoms with Gasteiger partial charge in [-0.2, -0.15) is 0 Å². The predicted molar refractivity (Wildman–Crippen MR) is 86.3 cm³/mol. The van der Waals surface area contributed by atoms with Crippen molar-refractivity contribution in [2.24, 2.45) is 0 Å². The lowest BCUT2D eigenvalue weighted by atomic mass is 10.1. The number of amides is 1. The van der Waals surface area contributed by atoms with Gasteiger partial charge in [0.25, 0.3) is 0 Å². The standard InChI is InChI=1S/C16H14Cl2N2O/c1-11(12-7-9-19-10-8-12)20-15(21)6-5-13-3-2-4-14(17)16(13)18/h2-11H,1H3,(H,20,21)/b6-5+. The minimum atomic E-state index is -0.199. The van der Waals surface area contributed by atoms with Gasteiger partial charge in [0.05, 0.1) is 16.1 Å². The minimum absolute atomic E-state index is 0.0972. The molecular weight excluding hydrogens is 307 g/mol. The molecule has 1 aromatic carbocycles. The molecule has 2 aromatic rings. The molecular formula is C16H14Cl2N2O. The number of rotatable bonds is 4. The second kappa shape index (κ2) is 7.25. The first-order chi connectivity index (χ1) is 10.1. The zero-order chi connectivity index (χ0) is 15.2. The van der Waals surface area contributed by atoms with Gasteiger partial charge in [-0.15, -0.1) is 0 Å². The molecule has 0 spiro atoms. The van der Waals surface area contributed by atoms with Crippen LogP contribution in [-0.2, 0) is 4.79 Å². The third kappa shape index (κ3) is 4.31. The first-order valence-electron chi connectivity index (χ1n) is 6.40.